The van der Waals surface area contributed by atoms with Gasteiger partial charge in [0.25, 0.3) is 0 Å². The molecule has 1 rings (SSSR count). The Morgan fingerprint density at radius 3 is 1.90 bits per heavy atom. The Bertz CT molecular complexity index is 121. The topological polar surface area (TPSA) is 90.3 Å². The predicted molar refractivity (Wildman–Crippen MR) is 34.7 cm³/mol. The van der Waals surface area contributed by atoms with E-state index in [1.807, 2.05) is 0 Å². The van der Waals surface area contributed by atoms with E-state index in [0.717, 1.165) is 6.61 Å². The molecule has 0 spiro atoms. The van der Waals surface area contributed by atoms with Crippen molar-refractivity contribution in [3.8, 4) is 0 Å². The maximum absolute atomic E-state index is 8.88. The largest absolute Gasteiger partial charge is 0.466 e. The molecule has 7 heteroatoms. The third-order valence-electron chi connectivity index (χ3n) is 0.574. The molecule has 10 heavy (non-hydrogen) atoms. The Labute approximate surface area is 62.8 Å². The minimum atomic E-state index is -4.64. The van der Waals surface area contributed by atoms with Crippen molar-refractivity contribution >= 4 is 19.4 Å². The van der Waals surface area contributed by atoms with Gasteiger partial charge in [-0.2, -0.15) is 0 Å². The first-order chi connectivity index (χ1) is 4.43. The van der Waals surface area contributed by atoms with Crippen LogP contribution in [-0.4, -0.2) is 33.3 Å². The molecule has 1 fully saturated rings. The van der Waals surface area contributed by atoms with E-state index in [4.69, 9.17) is 35.6 Å². The molecule has 0 saturated carbocycles. The van der Waals surface area contributed by atoms with Gasteiger partial charge in [0, 0.05) is 0 Å². The number of rotatable bonds is 1. The average Bonchev–Trinajstić information content (AvgIpc) is 2.39. The highest BCUT2D eigenvalue weighted by molar-refractivity contribution is 7.45. The number of halogens is 1. The quantitative estimate of drug-likeness (QED) is 0.300. The maximum Gasteiger partial charge on any atom is 0.466 e. The Hall–Kier alpha value is 0.360. The van der Waals surface area contributed by atoms with E-state index < -0.39 is 7.82 Å². The molecular weight excluding hydrogens is 182 g/mol. The van der Waals surface area contributed by atoms with Crippen LogP contribution in [0.5, 0.6) is 0 Å². The van der Waals surface area contributed by atoms with Crippen molar-refractivity contribution in [2.45, 2.75) is 6.10 Å². The van der Waals surface area contributed by atoms with Gasteiger partial charge in [-0.05, 0) is 0 Å². The smallest absolute Gasteiger partial charge is 0.372 e. The highest BCUT2D eigenvalue weighted by Gasteiger charge is 2.19. The zero-order chi connectivity index (χ0) is 8.20. The van der Waals surface area contributed by atoms with Crippen molar-refractivity contribution < 1.29 is 24.0 Å². The third kappa shape index (κ3) is 15.8. The summed E-state index contributed by atoms with van der Waals surface area (Å²) in [4.78, 5) is 21.6. The summed E-state index contributed by atoms with van der Waals surface area (Å²) in [6.07, 6.45) is 0.400. The van der Waals surface area contributed by atoms with Crippen LogP contribution in [0.4, 0.5) is 0 Å². The van der Waals surface area contributed by atoms with Crippen molar-refractivity contribution in [1.82, 2.24) is 0 Å². The van der Waals surface area contributed by atoms with Gasteiger partial charge < -0.3 is 19.4 Å². The Kier molecular flexibility index (Phi) is 4.44. The SMILES string of the molecule is ClCC1CO1.O=P(O)(O)O. The Morgan fingerprint density at radius 2 is 1.90 bits per heavy atom. The summed E-state index contributed by atoms with van der Waals surface area (Å²) in [7, 11) is -4.64. The van der Waals surface area contributed by atoms with E-state index in [9.17, 15) is 0 Å². The van der Waals surface area contributed by atoms with Crippen LogP contribution in [0, 0.1) is 0 Å². The van der Waals surface area contributed by atoms with Crippen LogP contribution in [-0.2, 0) is 9.30 Å². The standard InChI is InChI=1S/C3H5ClO.H3O4P/c4-1-3-2-5-3;1-5(2,3)4/h3H,1-2H2;(H3,1,2,3,4). The van der Waals surface area contributed by atoms with Gasteiger partial charge >= 0.3 is 7.82 Å². The lowest BCUT2D eigenvalue weighted by atomic mass is 10.6. The van der Waals surface area contributed by atoms with Crippen molar-refractivity contribution in [3.63, 3.8) is 0 Å². The van der Waals surface area contributed by atoms with Gasteiger partial charge in [0.1, 0.15) is 0 Å². The summed E-state index contributed by atoms with van der Waals surface area (Å²) >= 11 is 5.27. The van der Waals surface area contributed by atoms with Gasteiger partial charge in [0.2, 0.25) is 0 Å². The van der Waals surface area contributed by atoms with Crippen molar-refractivity contribution in [2.24, 2.45) is 0 Å². The van der Waals surface area contributed by atoms with Crippen LogP contribution in [0.25, 0.3) is 0 Å². The fraction of sp³-hybridized carbons (Fsp3) is 1.00. The maximum atomic E-state index is 8.88. The molecule has 0 bridgehead atoms. The van der Waals surface area contributed by atoms with E-state index in [1.54, 1.807) is 0 Å². The molecule has 0 amide bonds. The van der Waals surface area contributed by atoms with Gasteiger partial charge in [-0.25, -0.2) is 4.57 Å². The van der Waals surface area contributed by atoms with Crippen LogP contribution >= 0.6 is 19.4 Å². The zero-order valence-electron chi connectivity index (χ0n) is 4.97. The van der Waals surface area contributed by atoms with E-state index in [-0.39, 0.29) is 0 Å². The molecule has 1 saturated heterocycles. The molecule has 1 heterocycles. The lowest BCUT2D eigenvalue weighted by molar-refractivity contribution is 0.275. The molecule has 0 aromatic carbocycles. The lowest BCUT2D eigenvalue weighted by Crippen LogP contribution is -1.80. The fourth-order valence-corrected chi connectivity index (χ4v) is 0.335. The monoisotopic (exact) mass is 190 g/mol. The molecule has 0 radical (unpaired) electrons. The van der Waals surface area contributed by atoms with Gasteiger partial charge in [-0.3, -0.25) is 0 Å². The van der Waals surface area contributed by atoms with Crippen LogP contribution in [0.15, 0.2) is 0 Å². The molecule has 1 aliphatic heterocycles. The van der Waals surface area contributed by atoms with E-state index in [2.05, 4.69) is 0 Å². The summed E-state index contributed by atoms with van der Waals surface area (Å²) in [6, 6.07) is 0. The zero-order valence-corrected chi connectivity index (χ0v) is 6.63. The number of hydrogen-bond donors (Lipinski definition) is 3. The predicted octanol–water partition coefficient (Wildman–Crippen LogP) is -0.305. The fourth-order valence-electron chi connectivity index (χ4n) is 0.157. The second-order valence-electron chi connectivity index (χ2n) is 1.62. The number of hydrogen-bond acceptors (Lipinski definition) is 2. The highest BCUT2D eigenvalue weighted by atomic mass is 35.5. The average molecular weight is 191 g/mol. The Balaban J connectivity index is 0.000000162. The minimum Gasteiger partial charge on any atom is -0.372 e. The molecule has 1 unspecified atom stereocenters. The van der Waals surface area contributed by atoms with Crippen LogP contribution in [0.3, 0.4) is 0 Å². The summed E-state index contributed by atoms with van der Waals surface area (Å²) in [5.74, 6) is 0.667. The van der Waals surface area contributed by atoms with Crippen LogP contribution in [0.1, 0.15) is 0 Å². The molecule has 0 aliphatic carbocycles. The Morgan fingerprint density at radius 1 is 1.60 bits per heavy atom. The summed E-state index contributed by atoms with van der Waals surface area (Å²) in [5, 5.41) is 0. The van der Waals surface area contributed by atoms with E-state index in [1.165, 1.54) is 0 Å². The number of alkyl halides is 1. The van der Waals surface area contributed by atoms with Crippen molar-refractivity contribution in [2.75, 3.05) is 12.5 Å². The van der Waals surface area contributed by atoms with Crippen LogP contribution in [0.2, 0.25) is 0 Å². The summed E-state index contributed by atoms with van der Waals surface area (Å²) in [6.45, 7) is 0.878. The van der Waals surface area contributed by atoms with E-state index in [0.29, 0.717) is 12.0 Å². The minimum absolute atomic E-state index is 0.400. The first kappa shape index (κ1) is 10.4. The molecular formula is C3H8ClO5P. The molecule has 0 aromatic heterocycles. The molecule has 0 aromatic rings. The first-order valence-corrected chi connectivity index (χ1v) is 4.49. The molecule has 1 atom stereocenters. The van der Waals surface area contributed by atoms with E-state index >= 15 is 0 Å². The highest BCUT2D eigenvalue weighted by Crippen LogP contribution is 2.25. The lowest BCUT2D eigenvalue weighted by Gasteiger charge is -1.82. The van der Waals surface area contributed by atoms with Gasteiger partial charge in [0.05, 0.1) is 18.6 Å². The summed E-state index contributed by atoms with van der Waals surface area (Å²) in [5.41, 5.74) is 0. The van der Waals surface area contributed by atoms with Gasteiger partial charge in [-0.15, -0.1) is 11.6 Å². The third-order valence-corrected chi connectivity index (χ3v) is 0.919. The van der Waals surface area contributed by atoms with Gasteiger partial charge in [0.15, 0.2) is 0 Å². The number of phosphoric acid groups is 1. The second kappa shape index (κ2) is 4.28. The number of epoxide rings is 1. The molecule has 3 N–H and O–H groups in total. The van der Waals surface area contributed by atoms with Crippen LogP contribution < -0.4 is 0 Å². The molecule has 5 nitrogen and oxygen atoms in total. The second-order valence-corrected chi connectivity index (χ2v) is 2.96. The normalized spacial score (nSPS) is 23.0. The molecule has 1 aliphatic rings. The van der Waals surface area contributed by atoms with Crippen molar-refractivity contribution in [1.29, 1.82) is 0 Å². The number of ether oxygens (including phenoxy) is 1. The van der Waals surface area contributed by atoms with Gasteiger partial charge in [-0.1, -0.05) is 0 Å². The molecule has 62 valence electrons. The van der Waals surface area contributed by atoms with Crippen molar-refractivity contribution in [3.05, 3.63) is 0 Å². The first-order valence-electron chi connectivity index (χ1n) is 2.39. The summed E-state index contributed by atoms with van der Waals surface area (Å²) < 4.78 is 13.6.